The van der Waals surface area contributed by atoms with Gasteiger partial charge in [0, 0.05) is 63.0 Å². The molecule has 0 aromatic carbocycles. The van der Waals surface area contributed by atoms with Gasteiger partial charge in [0.25, 0.3) is 5.56 Å². The van der Waals surface area contributed by atoms with E-state index >= 15 is 0 Å². The molecule has 0 aliphatic carbocycles. The standard InChI is InChI=1S/C19H27N5O3S/c1-14-13-28-19-20-16(11-17(25)24(14)19)12-21-3-5-22(6-4-21)15(2)18(26)23-7-9-27-10-8-23/h11,13,15H,3-10,12H2,1-2H3. The van der Waals surface area contributed by atoms with Gasteiger partial charge in [-0.05, 0) is 13.8 Å². The highest BCUT2D eigenvalue weighted by atomic mass is 32.1. The minimum Gasteiger partial charge on any atom is -0.378 e. The van der Waals surface area contributed by atoms with Crippen LogP contribution in [-0.2, 0) is 16.1 Å². The molecule has 4 rings (SSSR count). The van der Waals surface area contributed by atoms with Gasteiger partial charge in [-0.3, -0.25) is 23.8 Å². The van der Waals surface area contributed by atoms with Gasteiger partial charge in [0.2, 0.25) is 5.91 Å². The summed E-state index contributed by atoms with van der Waals surface area (Å²) in [5.41, 5.74) is 1.73. The molecule has 2 aromatic rings. The van der Waals surface area contributed by atoms with Crippen LogP contribution >= 0.6 is 11.3 Å². The maximum atomic E-state index is 12.7. The van der Waals surface area contributed by atoms with Gasteiger partial charge in [-0.2, -0.15) is 0 Å². The molecule has 9 heteroatoms. The average molecular weight is 406 g/mol. The van der Waals surface area contributed by atoms with Gasteiger partial charge in [-0.15, -0.1) is 11.3 Å². The Bertz CT molecular complexity index is 897. The lowest BCUT2D eigenvalue weighted by Gasteiger charge is -2.39. The Morgan fingerprint density at radius 2 is 1.93 bits per heavy atom. The van der Waals surface area contributed by atoms with Gasteiger partial charge in [0.05, 0.1) is 24.9 Å². The summed E-state index contributed by atoms with van der Waals surface area (Å²) >= 11 is 1.50. The first kappa shape index (κ1) is 19.5. The topological polar surface area (TPSA) is 70.4 Å². The van der Waals surface area contributed by atoms with Gasteiger partial charge in [-0.25, -0.2) is 4.98 Å². The molecule has 1 amide bonds. The lowest BCUT2D eigenvalue weighted by atomic mass is 10.2. The molecule has 2 fully saturated rings. The Kier molecular flexibility index (Phi) is 5.77. The second-order valence-electron chi connectivity index (χ2n) is 7.51. The fourth-order valence-electron chi connectivity index (χ4n) is 3.92. The van der Waals surface area contributed by atoms with E-state index in [2.05, 4.69) is 14.8 Å². The van der Waals surface area contributed by atoms with E-state index in [0.717, 1.165) is 42.5 Å². The van der Waals surface area contributed by atoms with Crippen LogP contribution in [0.2, 0.25) is 0 Å². The van der Waals surface area contributed by atoms with Crippen molar-refractivity contribution >= 4 is 22.2 Å². The second kappa shape index (κ2) is 8.28. The SMILES string of the molecule is Cc1csc2nc(CN3CCN(C(C)C(=O)N4CCOCC4)CC3)cc(=O)n12. The summed E-state index contributed by atoms with van der Waals surface area (Å²) in [4.78, 5) is 36.9. The molecule has 0 radical (unpaired) electrons. The molecule has 4 heterocycles. The van der Waals surface area contributed by atoms with Crippen LogP contribution in [0.1, 0.15) is 18.3 Å². The van der Waals surface area contributed by atoms with Gasteiger partial charge in [0.15, 0.2) is 4.96 Å². The van der Waals surface area contributed by atoms with Crippen LogP contribution < -0.4 is 5.56 Å². The zero-order valence-corrected chi connectivity index (χ0v) is 17.3. The summed E-state index contributed by atoms with van der Waals surface area (Å²) in [7, 11) is 0. The molecule has 1 atom stereocenters. The number of fused-ring (bicyclic) bond motifs is 1. The van der Waals surface area contributed by atoms with Crippen molar-refractivity contribution in [2.24, 2.45) is 0 Å². The fourth-order valence-corrected chi connectivity index (χ4v) is 4.81. The number of hydrogen-bond donors (Lipinski definition) is 0. The molecule has 28 heavy (non-hydrogen) atoms. The molecule has 2 saturated heterocycles. The van der Waals surface area contributed by atoms with E-state index in [1.807, 2.05) is 24.1 Å². The predicted octanol–water partition coefficient (Wildman–Crippen LogP) is 0.429. The number of carbonyl (C=O) groups excluding carboxylic acids is 1. The number of aryl methyl sites for hydroxylation is 1. The highest BCUT2D eigenvalue weighted by molar-refractivity contribution is 7.15. The largest absolute Gasteiger partial charge is 0.378 e. The normalized spacial score (nSPS) is 20.6. The maximum absolute atomic E-state index is 12.7. The zero-order valence-electron chi connectivity index (χ0n) is 16.5. The Hall–Kier alpha value is -1.81. The molecule has 8 nitrogen and oxygen atoms in total. The average Bonchev–Trinajstić information content (AvgIpc) is 3.09. The molecule has 0 bridgehead atoms. The summed E-state index contributed by atoms with van der Waals surface area (Å²) in [5, 5.41) is 1.96. The highest BCUT2D eigenvalue weighted by Crippen LogP contribution is 2.14. The quantitative estimate of drug-likeness (QED) is 0.735. The smallest absolute Gasteiger partial charge is 0.259 e. The van der Waals surface area contributed by atoms with Crippen LogP contribution in [0.4, 0.5) is 0 Å². The molecule has 0 saturated carbocycles. The third kappa shape index (κ3) is 3.98. The van der Waals surface area contributed by atoms with E-state index in [1.54, 1.807) is 10.5 Å². The predicted molar refractivity (Wildman–Crippen MR) is 108 cm³/mol. The van der Waals surface area contributed by atoms with E-state index in [1.165, 1.54) is 11.3 Å². The monoisotopic (exact) mass is 405 g/mol. The molecule has 152 valence electrons. The third-order valence-corrected chi connectivity index (χ3v) is 6.59. The van der Waals surface area contributed by atoms with Crippen LogP contribution in [0, 0.1) is 6.92 Å². The van der Waals surface area contributed by atoms with E-state index in [-0.39, 0.29) is 17.5 Å². The molecular weight excluding hydrogens is 378 g/mol. The number of thiazole rings is 1. The zero-order chi connectivity index (χ0) is 19.7. The number of ether oxygens (including phenoxy) is 1. The van der Waals surface area contributed by atoms with Crippen LogP contribution in [-0.4, -0.2) is 88.5 Å². The van der Waals surface area contributed by atoms with Crippen LogP contribution in [0.5, 0.6) is 0 Å². The molecule has 2 aliphatic rings. The number of carbonyl (C=O) groups is 1. The molecule has 1 unspecified atom stereocenters. The minimum absolute atomic E-state index is 0.0119. The summed E-state index contributed by atoms with van der Waals surface area (Å²) in [5.74, 6) is 0.199. The van der Waals surface area contributed by atoms with Crippen molar-refractivity contribution in [1.82, 2.24) is 24.1 Å². The second-order valence-corrected chi connectivity index (χ2v) is 8.34. The molecule has 0 N–H and O–H groups in total. The van der Waals surface area contributed by atoms with Crippen LogP contribution in [0.25, 0.3) is 4.96 Å². The number of morpholine rings is 1. The minimum atomic E-state index is -0.103. The first-order valence-corrected chi connectivity index (χ1v) is 10.7. The lowest BCUT2D eigenvalue weighted by Crippen LogP contribution is -2.55. The highest BCUT2D eigenvalue weighted by Gasteiger charge is 2.29. The third-order valence-electron chi connectivity index (χ3n) is 5.65. The number of piperazine rings is 1. The van der Waals surface area contributed by atoms with Crippen molar-refractivity contribution in [3.8, 4) is 0 Å². The molecule has 0 spiro atoms. The summed E-state index contributed by atoms with van der Waals surface area (Å²) in [6.07, 6.45) is 0. The maximum Gasteiger partial charge on any atom is 0.259 e. The summed E-state index contributed by atoms with van der Waals surface area (Å²) in [6.45, 7) is 10.7. The Balaban J connectivity index is 1.34. The Labute approximate surface area is 168 Å². The fraction of sp³-hybridized carbons (Fsp3) is 0.632. The number of hydrogen-bond acceptors (Lipinski definition) is 7. The lowest BCUT2D eigenvalue weighted by molar-refractivity contribution is -0.141. The number of amides is 1. The van der Waals surface area contributed by atoms with Crippen LogP contribution in [0.3, 0.4) is 0 Å². The molecule has 2 aromatic heterocycles. The van der Waals surface area contributed by atoms with E-state index < -0.39 is 0 Å². The first-order valence-electron chi connectivity index (χ1n) is 9.82. The molecule has 2 aliphatic heterocycles. The Morgan fingerprint density at radius 3 is 2.64 bits per heavy atom. The van der Waals surface area contributed by atoms with Crippen molar-refractivity contribution in [3.05, 3.63) is 33.2 Å². The first-order chi connectivity index (χ1) is 13.5. The van der Waals surface area contributed by atoms with Gasteiger partial charge in [0.1, 0.15) is 0 Å². The van der Waals surface area contributed by atoms with Crippen molar-refractivity contribution in [2.75, 3.05) is 52.5 Å². The van der Waals surface area contributed by atoms with Crippen molar-refractivity contribution in [1.29, 1.82) is 0 Å². The van der Waals surface area contributed by atoms with E-state index in [4.69, 9.17) is 4.74 Å². The number of rotatable bonds is 4. The molecular formula is C19H27N5O3S. The van der Waals surface area contributed by atoms with Crippen LogP contribution in [0.15, 0.2) is 16.2 Å². The van der Waals surface area contributed by atoms with Crippen molar-refractivity contribution < 1.29 is 9.53 Å². The summed E-state index contributed by atoms with van der Waals surface area (Å²) in [6, 6.07) is 1.54. The summed E-state index contributed by atoms with van der Waals surface area (Å²) < 4.78 is 7.00. The van der Waals surface area contributed by atoms with E-state index in [0.29, 0.717) is 32.8 Å². The van der Waals surface area contributed by atoms with Gasteiger partial charge < -0.3 is 9.64 Å². The van der Waals surface area contributed by atoms with E-state index in [9.17, 15) is 9.59 Å². The number of nitrogens with zero attached hydrogens (tertiary/aromatic N) is 5. The van der Waals surface area contributed by atoms with Gasteiger partial charge in [-0.1, -0.05) is 0 Å². The number of aromatic nitrogens is 2. The van der Waals surface area contributed by atoms with Crippen molar-refractivity contribution in [3.63, 3.8) is 0 Å². The van der Waals surface area contributed by atoms with Crippen molar-refractivity contribution in [2.45, 2.75) is 26.4 Å². The Morgan fingerprint density at radius 1 is 1.21 bits per heavy atom. The van der Waals surface area contributed by atoms with Gasteiger partial charge >= 0.3 is 0 Å².